The molecule has 2 aliphatic rings. The van der Waals surface area contributed by atoms with E-state index in [1.165, 1.54) is 6.07 Å². The highest BCUT2D eigenvalue weighted by Crippen LogP contribution is 2.40. The molecule has 1 N–H and O–H groups in total. The van der Waals surface area contributed by atoms with Crippen LogP contribution in [-0.2, 0) is 4.74 Å². The van der Waals surface area contributed by atoms with Crippen LogP contribution in [0.3, 0.4) is 0 Å². The largest absolute Gasteiger partial charge is 0.458 e. The second-order valence-electron chi connectivity index (χ2n) is 4.13. The predicted octanol–water partition coefficient (Wildman–Crippen LogP) is 1.18. The monoisotopic (exact) mass is 205 g/mol. The molecule has 0 radical (unpaired) electrons. The van der Waals surface area contributed by atoms with Gasteiger partial charge in [0.05, 0.1) is 5.56 Å². The molecule has 3 rings (SSSR count). The molecular formula is C11H11NO3. The Hall–Kier alpha value is -1.58. The minimum absolute atomic E-state index is 0.0250. The van der Waals surface area contributed by atoms with Gasteiger partial charge >= 0.3 is 5.97 Å². The van der Waals surface area contributed by atoms with Crippen LogP contribution in [-0.4, -0.2) is 17.1 Å². The van der Waals surface area contributed by atoms with Crippen molar-refractivity contribution in [1.29, 1.82) is 0 Å². The minimum atomic E-state index is -0.301. The Morgan fingerprint density at radius 1 is 1.27 bits per heavy atom. The van der Waals surface area contributed by atoms with Crippen molar-refractivity contribution < 1.29 is 9.53 Å². The average Bonchev–Trinajstić information content (AvgIpc) is 2.65. The van der Waals surface area contributed by atoms with Crippen molar-refractivity contribution in [3.8, 4) is 0 Å². The first kappa shape index (κ1) is 8.71. The molecule has 4 heteroatoms. The molecule has 2 unspecified atom stereocenters. The van der Waals surface area contributed by atoms with Crippen molar-refractivity contribution in [1.82, 2.24) is 4.98 Å². The van der Waals surface area contributed by atoms with Crippen LogP contribution in [0.25, 0.3) is 0 Å². The number of nitrogens with one attached hydrogen (secondary N) is 1. The van der Waals surface area contributed by atoms with Gasteiger partial charge < -0.3 is 9.72 Å². The third-order valence-electron chi connectivity index (χ3n) is 3.25. The number of H-pyrrole nitrogens is 1. The van der Waals surface area contributed by atoms with E-state index in [9.17, 15) is 9.59 Å². The first-order valence-corrected chi connectivity index (χ1v) is 5.20. The van der Waals surface area contributed by atoms with Crippen LogP contribution in [0.5, 0.6) is 0 Å². The maximum absolute atomic E-state index is 11.6. The van der Waals surface area contributed by atoms with Gasteiger partial charge in [-0.15, -0.1) is 0 Å². The number of pyridine rings is 1. The highest BCUT2D eigenvalue weighted by atomic mass is 16.5. The van der Waals surface area contributed by atoms with Gasteiger partial charge in [-0.1, -0.05) is 0 Å². The number of rotatable bonds is 0. The summed E-state index contributed by atoms with van der Waals surface area (Å²) >= 11 is 0. The summed E-state index contributed by atoms with van der Waals surface area (Å²) in [4.78, 5) is 25.6. The Bertz CT molecular complexity index is 477. The van der Waals surface area contributed by atoms with Gasteiger partial charge in [0.25, 0.3) is 0 Å². The molecule has 0 bridgehead atoms. The summed E-state index contributed by atoms with van der Waals surface area (Å²) in [6.45, 7) is 0. The summed E-state index contributed by atoms with van der Waals surface area (Å²) in [7, 11) is 0. The molecule has 1 aromatic heterocycles. The maximum Gasteiger partial charge on any atom is 0.340 e. The minimum Gasteiger partial charge on any atom is -0.458 e. The fourth-order valence-electron chi connectivity index (χ4n) is 2.56. The lowest BCUT2D eigenvalue weighted by Crippen LogP contribution is -2.31. The van der Waals surface area contributed by atoms with Crippen LogP contribution in [0.1, 0.15) is 41.2 Å². The number of ether oxygens (including phenoxy) is 1. The number of aromatic amines is 1. The second-order valence-corrected chi connectivity index (χ2v) is 4.13. The molecule has 78 valence electrons. The van der Waals surface area contributed by atoms with Crippen molar-refractivity contribution in [3.05, 3.63) is 33.7 Å². The van der Waals surface area contributed by atoms with E-state index in [2.05, 4.69) is 4.98 Å². The Morgan fingerprint density at radius 2 is 2.13 bits per heavy atom. The first-order chi connectivity index (χ1) is 7.25. The second kappa shape index (κ2) is 2.95. The van der Waals surface area contributed by atoms with Gasteiger partial charge in [0.1, 0.15) is 6.10 Å². The standard InChI is InChI=1S/C11H11NO3/c13-9-5-4-7-10(12-9)6-2-1-3-8(6)15-11(7)14/h4-6,8H,1-3H2,(H,12,13). The Balaban J connectivity index is 2.19. The Morgan fingerprint density at radius 3 is 3.00 bits per heavy atom. The third kappa shape index (κ3) is 1.21. The smallest absolute Gasteiger partial charge is 0.340 e. The first-order valence-electron chi connectivity index (χ1n) is 5.20. The summed E-state index contributed by atoms with van der Waals surface area (Å²) < 4.78 is 5.32. The SMILES string of the molecule is O=C1OC2CCCC2c2[nH]c(=O)ccc21. The molecule has 0 amide bonds. The molecule has 2 atom stereocenters. The lowest BCUT2D eigenvalue weighted by molar-refractivity contribution is 0.0221. The number of esters is 1. The summed E-state index contributed by atoms with van der Waals surface area (Å²) in [5.74, 6) is -0.101. The lowest BCUT2D eigenvalue weighted by Gasteiger charge is -2.26. The summed E-state index contributed by atoms with van der Waals surface area (Å²) in [5.41, 5.74) is 1.16. The highest BCUT2D eigenvalue weighted by Gasteiger charge is 2.39. The molecule has 1 fully saturated rings. The number of fused-ring (bicyclic) bond motifs is 3. The van der Waals surface area contributed by atoms with E-state index in [4.69, 9.17) is 4.74 Å². The molecule has 15 heavy (non-hydrogen) atoms. The van der Waals surface area contributed by atoms with E-state index in [-0.39, 0.29) is 23.6 Å². The average molecular weight is 205 g/mol. The van der Waals surface area contributed by atoms with E-state index >= 15 is 0 Å². The van der Waals surface area contributed by atoms with Gasteiger partial charge in [0.2, 0.25) is 5.56 Å². The fourth-order valence-corrected chi connectivity index (χ4v) is 2.56. The van der Waals surface area contributed by atoms with Crippen LogP contribution in [0.4, 0.5) is 0 Å². The zero-order valence-electron chi connectivity index (χ0n) is 8.16. The van der Waals surface area contributed by atoms with Crippen LogP contribution < -0.4 is 5.56 Å². The zero-order valence-corrected chi connectivity index (χ0v) is 8.16. The number of aromatic nitrogens is 1. The molecule has 0 aromatic carbocycles. The summed E-state index contributed by atoms with van der Waals surface area (Å²) in [5, 5.41) is 0. The summed E-state index contributed by atoms with van der Waals surface area (Å²) in [6, 6.07) is 2.93. The van der Waals surface area contributed by atoms with E-state index in [0.717, 1.165) is 25.0 Å². The van der Waals surface area contributed by atoms with Crippen LogP contribution in [0.2, 0.25) is 0 Å². The zero-order chi connectivity index (χ0) is 10.4. The van der Waals surface area contributed by atoms with Gasteiger partial charge in [0.15, 0.2) is 0 Å². The molecule has 1 saturated carbocycles. The Kier molecular flexibility index (Phi) is 1.71. The quantitative estimate of drug-likeness (QED) is 0.647. The molecule has 2 heterocycles. The number of hydrogen-bond donors (Lipinski definition) is 1. The van der Waals surface area contributed by atoms with Crippen molar-refractivity contribution in [2.24, 2.45) is 0 Å². The number of carbonyl (C=O) groups is 1. The number of carbonyl (C=O) groups excluding carboxylic acids is 1. The van der Waals surface area contributed by atoms with Gasteiger partial charge in [0, 0.05) is 17.7 Å². The van der Waals surface area contributed by atoms with Crippen molar-refractivity contribution in [3.63, 3.8) is 0 Å². The molecule has 1 aliphatic carbocycles. The molecular weight excluding hydrogens is 194 g/mol. The van der Waals surface area contributed by atoms with Gasteiger partial charge in [-0.2, -0.15) is 0 Å². The van der Waals surface area contributed by atoms with E-state index < -0.39 is 0 Å². The number of hydrogen-bond acceptors (Lipinski definition) is 3. The van der Waals surface area contributed by atoms with Crippen LogP contribution in [0, 0.1) is 0 Å². The molecule has 1 aromatic rings. The van der Waals surface area contributed by atoms with Gasteiger partial charge in [-0.3, -0.25) is 4.79 Å². The van der Waals surface area contributed by atoms with Crippen LogP contribution in [0.15, 0.2) is 16.9 Å². The third-order valence-corrected chi connectivity index (χ3v) is 3.25. The van der Waals surface area contributed by atoms with E-state index in [0.29, 0.717) is 5.56 Å². The highest BCUT2D eigenvalue weighted by molar-refractivity contribution is 5.92. The molecule has 1 aliphatic heterocycles. The molecule has 4 nitrogen and oxygen atoms in total. The maximum atomic E-state index is 11.6. The van der Waals surface area contributed by atoms with Gasteiger partial charge in [-0.25, -0.2) is 4.79 Å². The van der Waals surface area contributed by atoms with Crippen molar-refractivity contribution >= 4 is 5.97 Å². The van der Waals surface area contributed by atoms with Crippen molar-refractivity contribution in [2.45, 2.75) is 31.3 Å². The normalized spacial score (nSPS) is 28.1. The molecule has 0 spiro atoms. The predicted molar refractivity (Wildman–Crippen MR) is 52.9 cm³/mol. The van der Waals surface area contributed by atoms with E-state index in [1.807, 2.05) is 0 Å². The van der Waals surface area contributed by atoms with Crippen molar-refractivity contribution in [2.75, 3.05) is 0 Å². The Labute approximate surface area is 86.3 Å². The topological polar surface area (TPSA) is 59.2 Å². The van der Waals surface area contributed by atoms with E-state index in [1.54, 1.807) is 6.07 Å². The summed E-state index contributed by atoms with van der Waals surface area (Å²) in [6.07, 6.45) is 2.93. The van der Waals surface area contributed by atoms with Crippen LogP contribution >= 0.6 is 0 Å². The van der Waals surface area contributed by atoms with Gasteiger partial charge in [-0.05, 0) is 25.3 Å². The fraction of sp³-hybridized carbons (Fsp3) is 0.455. The molecule has 0 saturated heterocycles. The lowest BCUT2D eigenvalue weighted by atomic mass is 9.94.